The number of halogens is 1. The van der Waals surface area contributed by atoms with Crippen molar-refractivity contribution in [2.45, 2.75) is 6.42 Å². The van der Waals surface area contributed by atoms with Gasteiger partial charge in [-0.2, -0.15) is 0 Å². The number of nitrogens with zero attached hydrogens (tertiary/aromatic N) is 1. The third kappa shape index (κ3) is 6.83. The molecule has 0 heterocycles. The summed E-state index contributed by atoms with van der Waals surface area (Å²) in [4.78, 5) is 12.5. The van der Waals surface area contributed by atoms with Gasteiger partial charge in [0, 0.05) is 32.1 Å². The van der Waals surface area contributed by atoms with Gasteiger partial charge < -0.3 is 4.90 Å². The molecule has 0 aromatic rings. The van der Waals surface area contributed by atoms with Crippen LogP contribution in [-0.4, -0.2) is 50.7 Å². The third-order valence-electron chi connectivity index (χ3n) is 1.53. The van der Waals surface area contributed by atoms with E-state index in [9.17, 15) is 13.2 Å². The Labute approximate surface area is 83.8 Å². The van der Waals surface area contributed by atoms with Crippen molar-refractivity contribution in [3.8, 4) is 0 Å². The summed E-state index contributed by atoms with van der Waals surface area (Å²) < 4.78 is 21.5. The number of rotatable bonds is 5. The molecule has 1 amide bonds. The molecule has 0 fully saturated rings. The molecule has 0 saturated heterocycles. The maximum atomic E-state index is 11.1. The molecule has 0 rings (SSSR count). The first kappa shape index (κ1) is 12.7. The average molecular weight is 228 g/mol. The molecule has 13 heavy (non-hydrogen) atoms. The van der Waals surface area contributed by atoms with Crippen molar-refractivity contribution < 1.29 is 13.2 Å². The lowest BCUT2D eigenvalue weighted by atomic mass is 10.4. The van der Waals surface area contributed by atoms with E-state index in [1.807, 2.05) is 0 Å². The molecule has 0 atom stereocenters. The molecule has 0 spiro atoms. The van der Waals surface area contributed by atoms with E-state index in [4.69, 9.17) is 11.6 Å². The first-order valence-electron chi connectivity index (χ1n) is 3.84. The molecule has 0 aromatic carbocycles. The third-order valence-corrected chi connectivity index (χ3v) is 2.64. The number of carbonyl (C=O) groups is 1. The second kappa shape index (κ2) is 5.44. The summed E-state index contributed by atoms with van der Waals surface area (Å²) in [6, 6.07) is 0. The molecule has 78 valence electrons. The number of sulfone groups is 1. The minimum absolute atomic E-state index is 0.00245. The summed E-state index contributed by atoms with van der Waals surface area (Å²) in [5.74, 6) is 0.137. The molecule has 0 aliphatic carbocycles. The Morgan fingerprint density at radius 3 is 2.38 bits per heavy atom. The standard InChI is InChI=1S/C7H14ClNO3S/c1-9(7(10)3-4-8)5-6-13(2,11)12/h3-6H2,1-2H3. The van der Waals surface area contributed by atoms with Gasteiger partial charge in [0.1, 0.15) is 9.84 Å². The lowest BCUT2D eigenvalue weighted by molar-refractivity contribution is -0.129. The van der Waals surface area contributed by atoms with Crippen LogP contribution in [0.25, 0.3) is 0 Å². The quantitative estimate of drug-likeness (QED) is 0.627. The Bertz CT molecular complexity index is 263. The molecule has 0 unspecified atom stereocenters. The smallest absolute Gasteiger partial charge is 0.223 e. The van der Waals surface area contributed by atoms with Crippen molar-refractivity contribution in [2.24, 2.45) is 0 Å². The number of hydrogen-bond acceptors (Lipinski definition) is 3. The van der Waals surface area contributed by atoms with Crippen LogP contribution in [0.2, 0.25) is 0 Å². The van der Waals surface area contributed by atoms with Crippen LogP contribution in [0.4, 0.5) is 0 Å². The molecule has 0 aromatic heterocycles. The highest BCUT2D eigenvalue weighted by atomic mass is 35.5. The topological polar surface area (TPSA) is 54.5 Å². The molecular weight excluding hydrogens is 214 g/mol. The molecule has 0 bridgehead atoms. The van der Waals surface area contributed by atoms with Crippen molar-refractivity contribution in [1.82, 2.24) is 4.90 Å². The fraction of sp³-hybridized carbons (Fsp3) is 0.857. The van der Waals surface area contributed by atoms with Crippen LogP contribution in [0.15, 0.2) is 0 Å². The highest BCUT2D eigenvalue weighted by Gasteiger charge is 2.10. The Balaban J connectivity index is 3.88. The van der Waals surface area contributed by atoms with E-state index in [1.54, 1.807) is 7.05 Å². The number of hydrogen-bond donors (Lipinski definition) is 0. The van der Waals surface area contributed by atoms with Crippen molar-refractivity contribution in [1.29, 1.82) is 0 Å². The van der Waals surface area contributed by atoms with Gasteiger partial charge in [0.15, 0.2) is 0 Å². The van der Waals surface area contributed by atoms with Crippen LogP contribution in [0.3, 0.4) is 0 Å². The summed E-state index contributed by atoms with van der Waals surface area (Å²) >= 11 is 5.36. The number of alkyl halides is 1. The van der Waals surface area contributed by atoms with E-state index in [0.29, 0.717) is 0 Å². The predicted molar refractivity (Wildman–Crippen MR) is 52.7 cm³/mol. The zero-order chi connectivity index (χ0) is 10.5. The molecule has 0 aliphatic heterocycles. The monoisotopic (exact) mass is 227 g/mol. The molecule has 4 nitrogen and oxygen atoms in total. The summed E-state index contributed by atoms with van der Waals surface area (Å²) in [7, 11) is -1.43. The van der Waals surface area contributed by atoms with Crippen LogP contribution in [0.1, 0.15) is 6.42 Å². The minimum Gasteiger partial charge on any atom is -0.345 e. The minimum atomic E-state index is -2.99. The maximum absolute atomic E-state index is 11.1. The van der Waals surface area contributed by atoms with Gasteiger partial charge in [0.2, 0.25) is 5.91 Å². The molecule has 0 saturated carbocycles. The van der Waals surface area contributed by atoms with Crippen molar-refractivity contribution in [3.63, 3.8) is 0 Å². The van der Waals surface area contributed by atoms with Crippen LogP contribution in [-0.2, 0) is 14.6 Å². The van der Waals surface area contributed by atoms with Gasteiger partial charge >= 0.3 is 0 Å². The van der Waals surface area contributed by atoms with Crippen LogP contribution >= 0.6 is 11.6 Å². The second-order valence-electron chi connectivity index (χ2n) is 2.88. The van der Waals surface area contributed by atoms with E-state index >= 15 is 0 Å². The van der Waals surface area contributed by atoms with Gasteiger partial charge in [0.05, 0.1) is 5.75 Å². The summed E-state index contributed by atoms with van der Waals surface area (Å²) in [6.07, 6.45) is 1.40. The van der Waals surface area contributed by atoms with Gasteiger partial charge in [-0.15, -0.1) is 11.6 Å². The first-order valence-corrected chi connectivity index (χ1v) is 6.44. The van der Waals surface area contributed by atoms with E-state index < -0.39 is 9.84 Å². The van der Waals surface area contributed by atoms with Crippen molar-refractivity contribution in [2.75, 3.05) is 31.5 Å². The van der Waals surface area contributed by atoms with Crippen LogP contribution in [0.5, 0.6) is 0 Å². The molecule has 0 aliphatic rings. The first-order chi connectivity index (χ1) is 5.87. The van der Waals surface area contributed by atoms with Crippen molar-refractivity contribution >= 4 is 27.3 Å². The Morgan fingerprint density at radius 2 is 2.00 bits per heavy atom. The molecule has 6 heteroatoms. The SMILES string of the molecule is CN(CCS(C)(=O)=O)C(=O)CCCl. The summed E-state index contributed by atoms with van der Waals surface area (Å²) in [6.45, 7) is 0.231. The fourth-order valence-corrected chi connectivity index (χ4v) is 1.47. The maximum Gasteiger partial charge on any atom is 0.223 e. The van der Waals surface area contributed by atoms with Crippen molar-refractivity contribution in [3.05, 3.63) is 0 Å². The van der Waals surface area contributed by atoms with Gasteiger partial charge in [-0.05, 0) is 0 Å². The average Bonchev–Trinajstić information content (AvgIpc) is 1.99. The Hall–Kier alpha value is -0.290. The second-order valence-corrected chi connectivity index (χ2v) is 5.52. The molecular formula is C7H14ClNO3S. The van der Waals surface area contributed by atoms with E-state index in [2.05, 4.69) is 0 Å². The zero-order valence-electron chi connectivity index (χ0n) is 7.79. The van der Waals surface area contributed by atoms with Crippen LogP contribution in [0, 0.1) is 0 Å². The zero-order valence-corrected chi connectivity index (χ0v) is 9.36. The fourth-order valence-electron chi connectivity index (χ4n) is 0.699. The number of carbonyl (C=O) groups excluding carboxylic acids is 1. The normalized spacial score (nSPS) is 11.3. The Morgan fingerprint density at radius 1 is 1.46 bits per heavy atom. The lowest BCUT2D eigenvalue weighted by Crippen LogP contribution is -2.31. The van der Waals surface area contributed by atoms with Gasteiger partial charge in [-0.1, -0.05) is 0 Å². The number of amides is 1. The highest BCUT2D eigenvalue weighted by molar-refractivity contribution is 7.90. The summed E-state index contributed by atoms with van der Waals surface area (Å²) in [5, 5.41) is 0. The van der Waals surface area contributed by atoms with E-state index in [1.165, 1.54) is 4.90 Å². The highest BCUT2D eigenvalue weighted by Crippen LogP contribution is 1.94. The molecule has 0 N–H and O–H groups in total. The van der Waals surface area contributed by atoms with Gasteiger partial charge in [-0.25, -0.2) is 8.42 Å². The van der Waals surface area contributed by atoms with E-state index in [-0.39, 0.29) is 30.5 Å². The molecule has 0 radical (unpaired) electrons. The summed E-state index contributed by atoms with van der Waals surface area (Å²) in [5.41, 5.74) is 0. The Kier molecular flexibility index (Phi) is 5.32. The van der Waals surface area contributed by atoms with E-state index in [0.717, 1.165) is 6.26 Å². The van der Waals surface area contributed by atoms with Gasteiger partial charge in [-0.3, -0.25) is 4.79 Å². The lowest BCUT2D eigenvalue weighted by Gasteiger charge is -2.15. The van der Waals surface area contributed by atoms with Gasteiger partial charge in [0.25, 0.3) is 0 Å². The predicted octanol–water partition coefficient (Wildman–Crippen LogP) is 0.118. The van der Waals surface area contributed by atoms with Crippen LogP contribution < -0.4 is 0 Å². The largest absolute Gasteiger partial charge is 0.345 e.